The fourth-order valence-corrected chi connectivity index (χ4v) is 4.09. The summed E-state index contributed by atoms with van der Waals surface area (Å²) < 4.78 is 1.78. The van der Waals surface area contributed by atoms with Gasteiger partial charge in [-0.25, -0.2) is 4.52 Å². The molecule has 0 unspecified atom stereocenters. The van der Waals surface area contributed by atoms with Crippen molar-refractivity contribution in [3.8, 4) is 0 Å². The number of amides is 1. The van der Waals surface area contributed by atoms with E-state index in [2.05, 4.69) is 15.3 Å². The average Bonchev–Trinajstić information content (AvgIpc) is 3.14. The van der Waals surface area contributed by atoms with Gasteiger partial charge in [-0.05, 0) is 57.3 Å². The van der Waals surface area contributed by atoms with E-state index in [0.29, 0.717) is 11.6 Å². The molecule has 2 fully saturated rings. The van der Waals surface area contributed by atoms with E-state index in [1.807, 2.05) is 25.3 Å². The molecule has 5 heteroatoms. The summed E-state index contributed by atoms with van der Waals surface area (Å²) in [7, 11) is 0. The second-order valence-corrected chi connectivity index (χ2v) is 6.51. The van der Waals surface area contributed by atoms with Crippen molar-refractivity contribution in [2.24, 2.45) is 0 Å². The third-order valence-electron chi connectivity index (χ3n) is 5.14. The summed E-state index contributed by atoms with van der Waals surface area (Å²) in [6, 6.07) is 4.78. The number of pyridine rings is 1. The van der Waals surface area contributed by atoms with Crippen LogP contribution in [0.3, 0.4) is 0 Å². The number of aryl methyl sites for hydroxylation is 1. The maximum Gasteiger partial charge on any atom is 0.255 e. The number of aromatic nitrogens is 2. The van der Waals surface area contributed by atoms with E-state index in [1.165, 1.54) is 32.4 Å². The SMILES string of the molecule is Cc1cccn2ncc(C(=O)N[C@H]3CCCN4CCC[C@@H]34)c12. The lowest BCUT2D eigenvalue weighted by atomic mass is 9.96. The first-order valence-electron chi connectivity index (χ1n) is 8.22. The summed E-state index contributed by atoms with van der Waals surface area (Å²) >= 11 is 0. The molecule has 2 aromatic heterocycles. The minimum atomic E-state index is 0.0167. The van der Waals surface area contributed by atoms with E-state index in [-0.39, 0.29) is 11.9 Å². The molecule has 2 atom stereocenters. The van der Waals surface area contributed by atoms with Gasteiger partial charge in [0.05, 0.1) is 17.3 Å². The van der Waals surface area contributed by atoms with E-state index in [0.717, 1.165) is 17.5 Å². The first-order valence-corrected chi connectivity index (χ1v) is 8.22. The molecular formula is C17H22N4O. The first-order chi connectivity index (χ1) is 10.7. The second-order valence-electron chi connectivity index (χ2n) is 6.51. The van der Waals surface area contributed by atoms with Crippen molar-refractivity contribution in [3.05, 3.63) is 35.7 Å². The molecular weight excluding hydrogens is 276 g/mol. The van der Waals surface area contributed by atoms with Gasteiger partial charge >= 0.3 is 0 Å². The zero-order valence-corrected chi connectivity index (χ0v) is 13.0. The normalized spacial score (nSPS) is 25.3. The Morgan fingerprint density at radius 1 is 1.32 bits per heavy atom. The Kier molecular flexibility index (Phi) is 3.37. The highest BCUT2D eigenvalue weighted by molar-refractivity contribution is 6.01. The Bertz CT molecular complexity index is 708. The lowest BCUT2D eigenvalue weighted by Crippen LogP contribution is -2.52. The molecule has 0 aromatic carbocycles. The zero-order chi connectivity index (χ0) is 15.1. The van der Waals surface area contributed by atoms with E-state index < -0.39 is 0 Å². The lowest BCUT2D eigenvalue weighted by molar-refractivity contribution is 0.0869. The van der Waals surface area contributed by atoms with Crippen molar-refractivity contribution in [3.63, 3.8) is 0 Å². The molecule has 2 aliphatic rings. The third-order valence-corrected chi connectivity index (χ3v) is 5.14. The number of nitrogens with zero attached hydrogens (tertiary/aromatic N) is 3. The lowest BCUT2D eigenvalue weighted by Gasteiger charge is -2.37. The Hall–Kier alpha value is -1.88. The molecule has 0 aliphatic carbocycles. The number of hydrogen-bond acceptors (Lipinski definition) is 3. The Labute approximate surface area is 130 Å². The number of carbonyl (C=O) groups is 1. The molecule has 116 valence electrons. The van der Waals surface area contributed by atoms with Crippen LogP contribution in [0.25, 0.3) is 5.52 Å². The quantitative estimate of drug-likeness (QED) is 0.922. The van der Waals surface area contributed by atoms with Crippen LogP contribution in [0.5, 0.6) is 0 Å². The number of fused-ring (bicyclic) bond motifs is 2. The minimum absolute atomic E-state index is 0.0167. The summed E-state index contributed by atoms with van der Waals surface area (Å²) in [5.41, 5.74) is 2.68. The molecule has 2 aromatic rings. The van der Waals surface area contributed by atoms with E-state index in [1.54, 1.807) is 10.7 Å². The van der Waals surface area contributed by atoms with Gasteiger partial charge in [-0.15, -0.1) is 0 Å². The highest BCUT2D eigenvalue weighted by Gasteiger charge is 2.35. The van der Waals surface area contributed by atoms with Crippen LogP contribution in [0.2, 0.25) is 0 Å². The largest absolute Gasteiger partial charge is 0.348 e. The molecule has 2 aliphatic heterocycles. The van der Waals surface area contributed by atoms with Crippen LogP contribution in [0.4, 0.5) is 0 Å². The van der Waals surface area contributed by atoms with E-state index in [9.17, 15) is 4.79 Å². The van der Waals surface area contributed by atoms with Gasteiger partial charge in [0.25, 0.3) is 5.91 Å². The zero-order valence-electron chi connectivity index (χ0n) is 13.0. The van der Waals surface area contributed by atoms with Gasteiger partial charge < -0.3 is 5.32 Å². The number of nitrogens with one attached hydrogen (secondary N) is 1. The molecule has 5 nitrogen and oxygen atoms in total. The van der Waals surface area contributed by atoms with Crippen molar-refractivity contribution in [2.75, 3.05) is 13.1 Å². The summed E-state index contributed by atoms with van der Waals surface area (Å²) in [6.07, 6.45) is 8.30. The van der Waals surface area contributed by atoms with Crippen molar-refractivity contribution >= 4 is 11.4 Å². The molecule has 0 radical (unpaired) electrons. The molecule has 22 heavy (non-hydrogen) atoms. The highest BCUT2D eigenvalue weighted by atomic mass is 16.1. The summed E-state index contributed by atoms with van der Waals surface area (Å²) in [5, 5.41) is 7.58. The average molecular weight is 298 g/mol. The van der Waals surface area contributed by atoms with Crippen LogP contribution < -0.4 is 5.32 Å². The fraction of sp³-hybridized carbons (Fsp3) is 0.529. The number of carbonyl (C=O) groups excluding carboxylic acids is 1. The van der Waals surface area contributed by atoms with Crippen LogP contribution in [0.15, 0.2) is 24.5 Å². The van der Waals surface area contributed by atoms with Crippen LogP contribution in [-0.4, -0.2) is 45.6 Å². The maximum absolute atomic E-state index is 12.7. The highest BCUT2D eigenvalue weighted by Crippen LogP contribution is 2.27. The number of hydrogen-bond donors (Lipinski definition) is 1. The Balaban J connectivity index is 1.58. The standard InChI is InChI=1S/C17H22N4O/c1-12-5-2-10-21-16(12)13(11-18-21)17(22)19-14-6-3-8-20-9-4-7-15(14)20/h2,5,10-11,14-15H,3-4,6-9H2,1H3,(H,19,22)/t14-,15-/m0/s1. The molecule has 4 heterocycles. The number of rotatable bonds is 2. The van der Waals surface area contributed by atoms with E-state index in [4.69, 9.17) is 0 Å². The van der Waals surface area contributed by atoms with Crippen LogP contribution in [-0.2, 0) is 0 Å². The second kappa shape index (κ2) is 5.39. The minimum Gasteiger partial charge on any atom is -0.348 e. The predicted molar refractivity (Wildman–Crippen MR) is 85.0 cm³/mol. The molecule has 2 saturated heterocycles. The summed E-state index contributed by atoms with van der Waals surface area (Å²) in [4.78, 5) is 15.3. The van der Waals surface area contributed by atoms with Gasteiger partial charge in [0.1, 0.15) is 0 Å². The van der Waals surface area contributed by atoms with Gasteiger partial charge in [0.15, 0.2) is 0 Å². The van der Waals surface area contributed by atoms with Crippen LogP contribution >= 0.6 is 0 Å². The molecule has 4 rings (SSSR count). The van der Waals surface area contributed by atoms with Crippen molar-refractivity contribution in [1.29, 1.82) is 0 Å². The molecule has 1 amide bonds. The van der Waals surface area contributed by atoms with Gasteiger partial charge in [-0.1, -0.05) is 6.07 Å². The molecule has 0 spiro atoms. The summed E-state index contributed by atoms with van der Waals surface area (Å²) in [6.45, 7) is 4.40. The Morgan fingerprint density at radius 2 is 2.14 bits per heavy atom. The third kappa shape index (κ3) is 2.20. The van der Waals surface area contributed by atoms with Crippen LogP contribution in [0.1, 0.15) is 41.6 Å². The monoisotopic (exact) mass is 298 g/mol. The summed E-state index contributed by atoms with van der Waals surface area (Å²) in [5.74, 6) is 0.0167. The molecule has 0 saturated carbocycles. The number of piperidine rings is 1. The van der Waals surface area contributed by atoms with Crippen molar-refractivity contribution in [1.82, 2.24) is 19.8 Å². The van der Waals surface area contributed by atoms with Gasteiger partial charge in [-0.3, -0.25) is 9.69 Å². The van der Waals surface area contributed by atoms with E-state index >= 15 is 0 Å². The van der Waals surface area contributed by atoms with Crippen molar-refractivity contribution < 1.29 is 4.79 Å². The van der Waals surface area contributed by atoms with Gasteiger partial charge in [-0.2, -0.15) is 5.10 Å². The molecule has 0 bridgehead atoms. The predicted octanol–water partition coefficient (Wildman–Crippen LogP) is 2.00. The molecule has 1 N–H and O–H groups in total. The Morgan fingerprint density at radius 3 is 3.00 bits per heavy atom. The smallest absolute Gasteiger partial charge is 0.255 e. The van der Waals surface area contributed by atoms with Gasteiger partial charge in [0, 0.05) is 18.3 Å². The van der Waals surface area contributed by atoms with Crippen molar-refractivity contribution in [2.45, 2.75) is 44.7 Å². The topological polar surface area (TPSA) is 49.6 Å². The van der Waals surface area contributed by atoms with Crippen LogP contribution in [0, 0.1) is 6.92 Å². The fourth-order valence-electron chi connectivity index (χ4n) is 4.09. The maximum atomic E-state index is 12.7. The van der Waals surface area contributed by atoms with Gasteiger partial charge in [0.2, 0.25) is 0 Å². The first kappa shape index (κ1) is 13.8.